The molecule has 13 heavy (non-hydrogen) atoms. The maximum absolute atomic E-state index is 13.3. The number of benzene rings is 1. The van der Waals surface area contributed by atoms with Crippen LogP contribution in [0.25, 0.3) is 0 Å². The number of aliphatic hydroxyl groups is 1. The van der Waals surface area contributed by atoms with E-state index in [-0.39, 0.29) is 0 Å². The fourth-order valence-electron chi connectivity index (χ4n) is 1.27. The van der Waals surface area contributed by atoms with Gasteiger partial charge < -0.3 is 5.11 Å². The molecular weight excluding hydrogens is 258 g/mol. The van der Waals surface area contributed by atoms with Crippen molar-refractivity contribution in [3.8, 4) is 0 Å². The van der Waals surface area contributed by atoms with Crippen LogP contribution >= 0.6 is 27.5 Å². The van der Waals surface area contributed by atoms with Crippen molar-refractivity contribution in [3.63, 3.8) is 0 Å². The Morgan fingerprint density at radius 3 is 2.62 bits per heavy atom. The van der Waals surface area contributed by atoms with Crippen LogP contribution in [0.5, 0.6) is 0 Å². The molecule has 1 aromatic carbocycles. The summed E-state index contributed by atoms with van der Waals surface area (Å²) in [6.45, 7) is 0. The molecule has 0 atom stereocenters. The Bertz CT molecular complexity index is 363. The highest BCUT2D eigenvalue weighted by molar-refractivity contribution is 9.10. The summed E-state index contributed by atoms with van der Waals surface area (Å²) in [5.74, 6) is -0.406. The highest BCUT2D eigenvalue weighted by Gasteiger charge is 2.44. The van der Waals surface area contributed by atoms with Crippen LogP contribution in [0.1, 0.15) is 18.4 Å². The lowest BCUT2D eigenvalue weighted by atomic mass is 10.1. The second-order valence-electron chi connectivity index (χ2n) is 3.28. The molecule has 1 aliphatic rings. The van der Waals surface area contributed by atoms with Gasteiger partial charge in [0.15, 0.2) is 0 Å². The maximum Gasteiger partial charge on any atom is 0.130 e. The van der Waals surface area contributed by atoms with Gasteiger partial charge in [0.25, 0.3) is 0 Å². The van der Waals surface area contributed by atoms with E-state index in [1.165, 1.54) is 12.1 Å². The predicted molar refractivity (Wildman–Crippen MR) is 52.2 cm³/mol. The quantitative estimate of drug-likeness (QED) is 0.773. The summed E-state index contributed by atoms with van der Waals surface area (Å²) in [6, 6.07) is 2.77. The summed E-state index contributed by atoms with van der Waals surface area (Å²) < 4.78 is 13.8. The van der Waals surface area contributed by atoms with E-state index in [1.807, 2.05) is 0 Å². The Balaban J connectivity index is 2.52. The minimum atomic E-state index is -0.964. The highest BCUT2D eigenvalue weighted by atomic mass is 79.9. The van der Waals surface area contributed by atoms with Gasteiger partial charge in [0.1, 0.15) is 5.82 Å². The van der Waals surface area contributed by atoms with Crippen molar-refractivity contribution in [2.24, 2.45) is 0 Å². The van der Waals surface area contributed by atoms with E-state index in [0.717, 1.165) is 0 Å². The fourth-order valence-corrected chi connectivity index (χ4v) is 1.75. The van der Waals surface area contributed by atoms with E-state index < -0.39 is 11.4 Å². The summed E-state index contributed by atoms with van der Waals surface area (Å²) in [5, 5.41) is 10.1. The Labute approximate surface area is 88.7 Å². The lowest BCUT2D eigenvalue weighted by molar-refractivity contribution is 0.146. The van der Waals surface area contributed by atoms with Gasteiger partial charge in [-0.05, 0) is 40.9 Å². The van der Waals surface area contributed by atoms with Gasteiger partial charge in [-0.1, -0.05) is 11.6 Å². The number of rotatable bonds is 1. The molecule has 0 unspecified atom stereocenters. The molecule has 1 aromatic rings. The molecule has 4 heteroatoms. The van der Waals surface area contributed by atoms with Crippen LogP contribution in [-0.4, -0.2) is 5.11 Å². The molecule has 1 fully saturated rings. The molecule has 2 rings (SSSR count). The van der Waals surface area contributed by atoms with Gasteiger partial charge in [-0.3, -0.25) is 0 Å². The third-order valence-electron chi connectivity index (χ3n) is 2.23. The lowest BCUT2D eigenvalue weighted by Gasteiger charge is -2.10. The van der Waals surface area contributed by atoms with E-state index in [0.29, 0.717) is 27.9 Å². The van der Waals surface area contributed by atoms with Crippen LogP contribution < -0.4 is 0 Å². The summed E-state index contributed by atoms with van der Waals surface area (Å²) >= 11 is 8.91. The van der Waals surface area contributed by atoms with Gasteiger partial charge in [0, 0.05) is 10.0 Å². The van der Waals surface area contributed by atoms with E-state index in [1.54, 1.807) is 0 Å². The largest absolute Gasteiger partial charge is 0.385 e. The zero-order chi connectivity index (χ0) is 9.64. The monoisotopic (exact) mass is 264 g/mol. The van der Waals surface area contributed by atoms with Crippen molar-refractivity contribution in [2.45, 2.75) is 18.4 Å². The average Bonchev–Trinajstić information content (AvgIpc) is 2.77. The zero-order valence-corrected chi connectivity index (χ0v) is 8.99. The van der Waals surface area contributed by atoms with Crippen molar-refractivity contribution in [1.82, 2.24) is 0 Å². The van der Waals surface area contributed by atoms with Crippen molar-refractivity contribution in [3.05, 3.63) is 33.0 Å². The second-order valence-corrected chi connectivity index (χ2v) is 4.54. The first kappa shape index (κ1) is 9.44. The van der Waals surface area contributed by atoms with Gasteiger partial charge in [-0.2, -0.15) is 0 Å². The van der Waals surface area contributed by atoms with E-state index >= 15 is 0 Å². The Hall–Kier alpha value is -0.120. The van der Waals surface area contributed by atoms with Gasteiger partial charge in [0.05, 0.1) is 10.6 Å². The van der Waals surface area contributed by atoms with Crippen molar-refractivity contribution in [1.29, 1.82) is 0 Å². The number of hydrogen-bond donors (Lipinski definition) is 1. The molecule has 0 aromatic heterocycles. The average molecular weight is 266 g/mol. The van der Waals surface area contributed by atoms with Crippen LogP contribution in [0, 0.1) is 5.82 Å². The van der Waals surface area contributed by atoms with Crippen molar-refractivity contribution >= 4 is 27.5 Å². The molecule has 0 bridgehead atoms. The van der Waals surface area contributed by atoms with Gasteiger partial charge in [-0.25, -0.2) is 4.39 Å². The second kappa shape index (κ2) is 2.94. The zero-order valence-electron chi connectivity index (χ0n) is 6.65. The highest BCUT2D eigenvalue weighted by Crippen LogP contribution is 2.47. The molecule has 0 spiro atoms. The minimum Gasteiger partial charge on any atom is -0.385 e. The summed E-state index contributed by atoms with van der Waals surface area (Å²) in [7, 11) is 0. The molecule has 1 saturated carbocycles. The summed E-state index contributed by atoms with van der Waals surface area (Å²) in [5.41, 5.74) is -0.658. The molecule has 0 radical (unpaired) electrons. The van der Waals surface area contributed by atoms with Crippen LogP contribution in [0.15, 0.2) is 16.6 Å². The lowest BCUT2D eigenvalue weighted by Crippen LogP contribution is -2.07. The first-order valence-electron chi connectivity index (χ1n) is 3.90. The Kier molecular flexibility index (Phi) is 2.13. The van der Waals surface area contributed by atoms with Crippen LogP contribution in [0.3, 0.4) is 0 Å². The normalized spacial score (nSPS) is 18.8. The number of hydrogen-bond acceptors (Lipinski definition) is 1. The van der Waals surface area contributed by atoms with Gasteiger partial charge in [0.2, 0.25) is 0 Å². The summed E-state index contributed by atoms with van der Waals surface area (Å²) in [6.07, 6.45) is 1.23. The molecule has 1 nitrogen and oxygen atoms in total. The standard InChI is InChI=1S/C9H7BrClFO/c10-6-4-8(12)5(3-7(6)11)9(13)1-2-9/h3-4,13H,1-2H2. The minimum absolute atomic E-state index is 0.306. The van der Waals surface area contributed by atoms with E-state index in [2.05, 4.69) is 15.9 Å². The smallest absolute Gasteiger partial charge is 0.130 e. The van der Waals surface area contributed by atoms with E-state index in [9.17, 15) is 9.50 Å². The van der Waals surface area contributed by atoms with Crippen LogP contribution in [0.4, 0.5) is 4.39 Å². The van der Waals surface area contributed by atoms with Gasteiger partial charge in [-0.15, -0.1) is 0 Å². The molecule has 1 aliphatic carbocycles. The SMILES string of the molecule is OC1(c2cc(Cl)c(Br)cc2F)CC1. The molecule has 1 N–H and O–H groups in total. The Morgan fingerprint density at radius 2 is 2.08 bits per heavy atom. The van der Waals surface area contributed by atoms with Crippen molar-refractivity contribution < 1.29 is 9.50 Å². The van der Waals surface area contributed by atoms with Crippen LogP contribution in [-0.2, 0) is 5.60 Å². The number of halogens is 3. The maximum atomic E-state index is 13.3. The summed E-state index contributed by atoms with van der Waals surface area (Å²) in [4.78, 5) is 0. The molecule has 70 valence electrons. The predicted octanol–water partition coefficient (Wildman–Crippen LogP) is 3.22. The molecule has 0 heterocycles. The Morgan fingerprint density at radius 1 is 1.46 bits per heavy atom. The first-order valence-corrected chi connectivity index (χ1v) is 5.07. The molecule has 0 aliphatic heterocycles. The third kappa shape index (κ3) is 1.60. The topological polar surface area (TPSA) is 20.2 Å². The first-order chi connectivity index (χ1) is 6.03. The van der Waals surface area contributed by atoms with Crippen molar-refractivity contribution in [2.75, 3.05) is 0 Å². The molecule has 0 amide bonds. The molecular formula is C9H7BrClFO. The third-order valence-corrected chi connectivity index (χ3v) is 3.43. The molecule has 0 saturated heterocycles. The van der Waals surface area contributed by atoms with Crippen LogP contribution in [0.2, 0.25) is 5.02 Å². The van der Waals surface area contributed by atoms with Gasteiger partial charge >= 0.3 is 0 Å². The fraction of sp³-hybridized carbons (Fsp3) is 0.333. The van der Waals surface area contributed by atoms with E-state index in [4.69, 9.17) is 11.6 Å².